The first-order valence-corrected chi connectivity index (χ1v) is 7.38. The number of likely N-dealkylation sites (N-methyl/N-ethyl adjacent to an activating group) is 1. The van der Waals surface area contributed by atoms with Gasteiger partial charge in [-0.2, -0.15) is 0 Å². The second-order valence-corrected chi connectivity index (χ2v) is 6.79. The quantitative estimate of drug-likeness (QED) is 0.751. The average Bonchev–Trinajstić information content (AvgIpc) is 2.82. The number of sulfonamides is 1. The van der Waals surface area contributed by atoms with E-state index in [2.05, 4.69) is 5.32 Å². The van der Waals surface area contributed by atoms with Crippen LogP contribution in [0.2, 0.25) is 0 Å². The average molecular weight is 248 g/mol. The Labute approximate surface area is 97.2 Å². The van der Waals surface area contributed by atoms with Crippen LogP contribution in [0.5, 0.6) is 0 Å². The Morgan fingerprint density at radius 2 is 1.94 bits per heavy atom. The second-order valence-electron chi connectivity index (χ2n) is 4.52. The molecule has 2 fully saturated rings. The highest BCUT2D eigenvalue weighted by Gasteiger charge is 2.35. The minimum atomic E-state index is -3.13. The smallest absolute Gasteiger partial charge is 0.217 e. The van der Waals surface area contributed by atoms with Crippen LogP contribution in [0, 0.1) is 0 Å². The van der Waals surface area contributed by atoms with Gasteiger partial charge in [0.25, 0.3) is 0 Å². The number of ether oxygens (including phenoxy) is 1. The molecule has 0 spiro atoms. The minimum Gasteiger partial charge on any atom is -0.381 e. The Bertz CT molecular complexity index is 319. The van der Waals surface area contributed by atoms with E-state index in [1.54, 1.807) is 11.4 Å². The highest BCUT2D eigenvalue weighted by Crippen LogP contribution is 2.21. The molecule has 0 amide bonds. The van der Waals surface area contributed by atoms with E-state index in [1.165, 1.54) is 0 Å². The van der Waals surface area contributed by atoms with Crippen molar-refractivity contribution in [1.82, 2.24) is 9.62 Å². The standard InChI is InChI=1S/C10H20N2O3S/c1-12(9-2-5-11-8-9)16(13,14)10-3-6-15-7-4-10/h9-11H,2-8H2,1H3. The molecule has 6 heteroatoms. The molecule has 0 aromatic carbocycles. The highest BCUT2D eigenvalue weighted by atomic mass is 32.2. The van der Waals surface area contributed by atoms with Gasteiger partial charge in [0.1, 0.15) is 0 Å². The lowest BCUT2D eigenvalue weighted by molar-refractivity contribution is 0.0971. The molecule has 94 valence electrons. The van der Waals surface area contributed by atoms with Crippen LogP contribution in [0.3, 0.4) is 0 Å². The fraction of sp³-hybridized carbons (Fsp3) is 1.00. The fourth-order valence-corrected chi connectivity index (χ4v) is 4.22. The first-order valence-electron chi connectivity index (χ1n) is 5.87. The molecule has 2 saturated heterocycles. The van der Waals surface area contributed by atoms with Crippen LogP contribution in [0.25, 0.3) is 0 Å². The van der Waals surface area contributed by atoms with Gasteiger partial charge in [0.15, 0.2) is 0 Å². The molecule has 2 aliphatic heterocycles. The van der Waals surface area contributed by atoms with Gasteiger partial charge in [-0.25, -0.2) is 12.7 Å². The largest absolute Gasteiger partial charge is 0.381 e. The molecular formula is C10H20N2O3S. The number of nitrogens with one attached hydrogen (secondary N) is 1. The summed E-state index contributed by atoms with van der Waals surface area (Å²) in [6.07, 6.45) is 2.18. The molecule has 0 saturated carbocycles. The van der Waals surface area contributed by atoms with Crippen molar-refractivity contribution in [3.8, 4) is 0 Å². The maximum absolute atomic E-state index is 12.3. The van der Waals surface area contributed by atoms with Crippen LogP contribution in [-0.2, 0) is 14.8 Å². The zero-order valence-corrected chi connectivity index (χ0v) is 10.5. The van der Waals surface area contributed by atoms with Gasteiger partial charge in [0.2, 0.25) is 10.0 Å². The molecule has 0 bridgehead atoms. The van der Waals surface area contributed by atoms with E-state index < -0.39 is 10.0 Å². The van der Waals surface area contributed by atoms with E-state index in [4.69, 9.17) is 4.74 Å². The van der Waals surface area contributed by atoms with Crippen LogP contribution in [0.15, 0.2) is 0 Å². The first-order chi connectivity index (χ1) is 7.62. The van der Waals surface area contributed by atoms with Crippen molar-refractivity contribution in [3.63, 3.8) is 0 Å². The number of nitrogens with zero attached hydrogens (tertiary/aromatic N) is 1. The van der Waals surface area contributed by atoms with Crippen molar-refractivity contribution < 1.29 is 13.2 Å². The summed E-state index contributed by atoms with van der Waals surface area (Å²) in [5, 5.41) is 2.95. The Hall–Kier alpha value is -0.170. The normalized spacial score (nSPS) is 28.8. The van der Waals surface area contributed by atoms with Crippen molar-refractivity contribution in [2.45, 2.75) is 30.6 Å². The zero-order valence-electron chi connectivity index (χ0n) is 9.68. The van der Waals surface area contributed by atoms with Crippen molar-refractivity contribution in [2.75, 3.05) is 33.4 Å². The lowest BCUT2D eigenvalue weighted by atomic mass is 10.2. The Kier molecular flexibility index (Phi) is 3.84. The molecule has 1 N–H and O–H groups in total. The summed E-state index contributed by atoms with van der Waals surface area (Å²) in [7, 11) is -1.42. The van der Waals surface area contributed by atoms with Gasteiger partial charge in [-0.3, -0.25) is 0 Å². The molecule has 2 rings (SSSR count). The molecular weight excluding hydrogens is 228 g/mol. The van der Waals surface area contributed by atoms with Crippen molar-refractivity contribution >= 4 is 10.0 Å². The predicted octanol–water partition coefficient (Wildman–Crippen LogP) is -0.211. The Morgan fingerprint density at radius 3 is 2.50 bits per heavy atom. The summed E-state index contributed by atoms with van der Waals surface area (Å²) in [5.41, 5.74) is 0. The molecule has 0 aromatic heterocycles. The van der Waals surface area contributed by atoms with Gasteiger partial charge in [0, 0.05) is 32.8 Å². The first kappa shape index (κ1) is 12.3. The monoisotopic (exact) mass is 248 g/mol. The molecule has 1 unspecified atom stereocenters. The maximum atomic E-state index is 12.3. The van der Waals surface area contributed by atoms with Crippen LogP contribution < -0.4 is 5.32 Å². The molecule has 0 radical (unpaired) electrons. The van der Waals surface area contributed by atoms with E-state index in [0.717, 1.165) is 19.5 Å². The van der Waals surface area contributed by atoms with Gasteiger partial charge < -0.3 is 10.1 Å². The van der Waals surface area contributed by atoms with E-state index in [1.807, 2.05) is 0 Å². The summed E-state index contributed by atoms with van der Waals surface area (Å²) >= 11 is 0. The van der Waals surface area contributed by atoms with Crippen LogP contribution >= 0.6 is 0 Å². The fourth-order valence-electron chi connectivity index (χ4n) is 2.37. The summed E-state index contributed by atoms with van der Waals surface area (Å²) in [6, 6.07) is 0.132. The van der Waals surface area contributed by atoms with Gasteiger partial charge in [-0.15, -0.1) is 0 Å². The van der Waals surface area contributed by atoms with E-state index in [9.17, 15) is 8.42 Å². The third-order valence-corrected chi connectivity index (χ3v) is 5.95. The van der Waals surface area contributed by atoms with Gasteiger partial charge in [0.05, 0.1) is 5.25 Å². The third kappa shape index (κ3) is 2.40. The van der Waals surface area contributed by atoms with E-state index >= 15 is 0 Å². The van der Waals surface area contributed by atoms with Gasteiger partial charge >= 0.3 is 0 Å². The topological polar surface area (TPSA) is 58.6 Å². The summed E-state index contributed by atoms with van der Waals surface area (Å²) in [4.78, 5) is 0. The van der Waals surface area contributed by atoms with E-state index in [0.29, 0.717) is 26.1 Å². The molecule has 2 aliphatic rings. The molecule has 5 nitrogen and oxygen atoms in total. The minimum absolute atomic E-state index is 0.132. The predicted molar refractivity (Wildman–Crippen MR) is 61.8 cm³/mol. The number of rotatable bonds is 3. The molecule has 1 atom stereocenters. The Balaban J connectivity index is 2.04. The SMILES string of the molecule is CN(C1CCNC1)S(=O)(=O)C1CCOCC1. The number of hydrogen-bond acceptors (Lipinski definition) is 4. The molecule has 0 aliphatic carbocycles. The summed E-state index contributed by atoms with van der Waals surface area (Å²) < 4.78 is 31.4. The van der Waals surface area contributed by atoms with Gasteiger partial charge in [-0.1, -0.05) is 0 Å². The van der Waals surface area contributed by atoms with Crippen LogP contribution in [-0.4, -0.2) is 57.4 Å². The molecule has 16 heavy (non-hydrogen) atoms. The Morgan fingerprint density at radius 1 is 1.25 bits per heavy atom. The summed E-state index contributed by atoms with van der Waals surface area (Å²) in [5.74, 6) is 0. The zero-order chi connectivity index (χ0) is 11.6. The lowest BCUT2D eigenvalue weighted by Gasteiger charge is -2.30. The van der Waals surface area contributed by atoms with Crippen molar-refractivity contribution in [3.05, 3.63) is 0 Å². The lowest BCUT2D eigenvalue weighted by Crippen LogP contribution is -2.45. The molecule has 0 aromatic rings. The van der Waals surface area contributed by atoms with Crippen LogP contribution in [0.4, 0.5) is 0 Å². The van der Waals surface area contributed by atoms with Crippen molar-refractivity contribution in [2.24, 2.45) is 0 Å². The van der Waals surface area contributed by atoms with Crippen molar-refractivity contribution in [1.29, 1.82) is 0 Å². The van der Waals surface area contributed by atoms with Crippen LogP contribution in [0.1, 0.15) is 19.3 Å². The molecule has 2 heterocycles. The van der Waals surface area contributed by atoms with E-state index in [-0.39, 0.29) is 11.3 Å². The summed E-state index contributed by atoms with van der Waals surface area (Å²) in [6.45, 7) is 2.83. The van der Waals surface area contributed by atoms with Gasteiger partial charge in [-0.05, 0) is 25.8 Å². The second kappa shape index (κ2) is 5.00. The highest BCUT2D eigenvalue weighted by molar-refractivity contribution is 7.89. The maximum Gasteiger partial charge on any atom is 0.217 e. The third-order valence-electron chi connectivity index (χ3n) is 3.54. The number of hydrogen-bond donors (Lipinski definition) is 1.